The van der Waals surface area contributed by atoms with E-state index < -0.39 is 30.3 Å². The van der Waals surface area contributed by atoms with E-state index in [1.807, 2.05) is 0 Å². The Morgan fingerprint density at radius 1 is 0.818 bits per heavy atom. The molecule has 0 unspecified atom stereocenters. The van der Waals surface area contributed by atoms with Crippen molar-refractivity contribution in [3.8, 4) is 5.75 Å². The van der Waals surface area contributed by atoms with Crippen molar-refractivity contribution in [2.24, 2.45) is 11.8 Å². The Morgan fingerprint density at radius 2 is 1.36 bits per heavy atom. The third kappa shape index (κ3) is 8.70. The van der Waals surface area contributed by atoms with Crippen LogP contribution in [0.5, 0.6) is 5.75 Å². The molecule has 0 atom stereocenters. The number of hydrogen-bond donors (Lipinski definition) is 0. The Bertz CT molecular complexity index is 681. The Morgan fingerprint density at radius 3 is 1.91 bits per heavy atom. The summed E-state index contributed by atoms with van der Waals surface area (Å²) in [7, 11) is 0. The molecule has 2 heterocycles. The first-order valence-electron chi connectivity index (χ1n) is 11.8. The molecule has 2 fully saturated rings. The number of hydrogen-bond acceptors (Lipinski definition) is 5. The Kier molecular flexibility index (Phi) is 10.7. The molecule has 0 N–H and O–H groups in total. The van der Waals surface area contributed by atoms with Gasteiger partial charge in [0, 0.05) is 18.3 Å². The molecule has 1 aromatic carbocycles. The second-order valence-electron chi connectivity index (χ2n) is 8.80. The lowest BCUT2D eigenvalue weighted by Crippen LogP contribution is -2.35. The summed E-state index contributed by atoms with van der Waals surface area (Å²) in [5, 5.41) is 0. The Labute approximate surface area is 192 Å². The minimum atomic E-state index is -3.29. The standard InChI is InChI=1S/C24H34F4O5/c1-2-3-4-5-17-12-29-22(30-13-17)9-7-18-14-31-21(32-15-18)8-6-16-10-19(25)23(20(26)11-16)33-24(27)28/h10-11,17-18,21-22,24H,2-9,12-15H2,1H3/t17-,18-,21-,22-. The highest BCUT2D eigenvalue weighted by Crippen LogP contribution is 2.27. The summed E-state index contributed by atoms with van der Waals surface area (Å²) >= 11 is 0. The van der Waals surface area contributed by atoms with Gasteiger partial charge in [-0.3, -0.25) is 0 Å². The van der Waals surface area contributed by atoms with Gasteiger partial charge in [-0.25, -0.2) is 8.78 Å². The molecule has 2 aliphatic rings. The number of unbranched alkanes of at least 4 members (excludes halogenated alkanes) is 2. The molecule has 0 spiro atoms. The third-order valence-electron chi connectivity index (χ3n) is 6.03. The average Bonchev–Trinajstić information content (AvgIpc) is 2.80. The van der Waals surface area contributed by atoms with E-state index in [0.29, 0.717) is 31.1 Å². The van der Waals surface area contributed by atoms with Gasteiger partial charge in [0.15, 0.2) is 30.0 Å². The van der Waals surface area contributed by atoms with Crippen molar-refractivity contribution in [3.05, 3.63) is 29.3 Å². The van der Waals surface area contributed by atoms with E-state index in [0.717, 1.165) is 44.6 Å². The van der Waals surface area contributed by atoms with Gasteiger partial charge >= 0.3 is 6.61 Å². The van der Waals surface area contributed by atoms with E-state index in [1.54, 1.807) is 0 Å². The van der Waals surface area contributed by atoms with Crippen LogP contribution >= 0.6 is 0 Å². The van der Waals surface area contributed by atoms with Crippen LogP contribution < -0.4 is 4.74 Å². The van der Waals surface area contributed by atoms with Crippen LogP contribution in [0, 0.1) is 23.5 Å². The number of aryl methyl sites for hydroxylation is 1. The van der Waals surface area contributed by atoms with E-state index >= 15 is 0 Å². The number of benzene rings is 1. The summed E-state index contributed by atoms with van der Waals surface area (Å²) < 4.78 is 79.2. The molecule has 0 radical (unpaired) electrons. The van der Waals surface area contributed by atoms with Gasteiger partial charge in [-0.1, -0.05) is 26.2 Å². The quantitative estimate of drug-likeness (QED) is 0.279. The van der Waals surface area contributed by atoms with Crippen LogP contribution in [-0.2, 0) is 25.4 Å². The summed E-state index contributed by atoms with van der Waals surface area (Å²) in [4.78, 5) is 0. The normalized spacial score (nSPS) is 26.0. The maximum absolute atomic E-state index is 13.8. The molecule has 5 nitrogen and oxygen atoms in total. The number of alkyl halides is 2. The zero-order valence-corrected chi connectivity index (χ0v) is 19.1. The molecular weight excluding hydrogens is 444 g/mol. The van der Waals surface area contributed by atoms with Crippen molar-refractivity contribution in [2.45, 2.75) is 77.5 Å². The van der Waals surface area contributed by atoms with Gasteiger partial charge in [-0.2, -0.15) is 8.78 Å². The fourth-order valence-electron chi connectivity index (χ4n) is 4.13. The van der Waals surface area contributed by atoms with E-state index in [4.69, 9.17) is 18.9 Å². The molecule has 3 rings (SSSR count). The van der Waals surface area contributed by atoms with E-state index in [9.17, 15) is 17.6 Å². The molecule has 0 amide bonds. The molecule has 1 aromatic rings. The van der Waals surface area contributed by atoms with Crippen LogP contribution in [-0.4, -0.2) is 45.6 Å². The van der Waals surface area contributed by atoms with Gasteiger partial charge in [0.05, 0.1) is 26.4 Å². The largest absolute Gasteiger partial charge is 0.429 e. The Balaban J connectivity index is 1.31. The minimum Gasteiger partial charge on any atom is -0.429 e. The SMILES string of the molecule is CCCCC[C@H]1CO[C@H](CC[C@H]2CO[C@H](CCc3cc(F)c(OC(F)F)c(F)c3)OC2)OC1. The average molecular weight is 479 g/mol. The zero-order chi connectivity index (χ0) is 23.6. The van der Waals surface area contributed by atoms with Crippen LogP contribution in [0.15, 0.2) is 12.1 Å². The van der Waals surface area contributed by atoms with Crippen molar-refractivity contribution < 1.29 is 41.2 Å². The number of halogens is 4. The molecule has 0 aliphatic carbocycles. The summed E-state index contributed by atoms with van der Waals surface area (Å²) in [5.41, 5.74) is 0.320. The van der Waals surface area contributed by atoms with Crippen molar-refractivity contribution in [2.75, 3.05) is 26.4 Å². The number of rotatable bonds is 12. The van der Waals surface area contributed by atoms with E-state index in [1.165, 1.54) is 19.3 Å². The van der Waals surface area contributed by atoms with Gasteiger partial charge in [0.1, 0.15) is 0 Å². The van der Waals surface area contributed by atoms with Crippen molar-refractivity contribution in [1.29, 1.82) is 0 Å². The smallest absolute Gasteiger partial charge is 0.387 e. The molecule has 2 aliphatic heterocycles. The maximum Gasteiger partial charge on any atom is 0.387 e. The molecule has 0 bridgehead atoms. The lowest BCUT2D eigenvalue weighted by molar-refractivity contribution is -0.219. The van der Waals surface area contributed by atoms with Crippen molar-refractivity contribution in [1.82, 2.24) is 0 Å². The van der Waals surface area contributed by atoms with E-state index in [2.05, 4.69) is 11.7 Å². The van der Waals surface area contributed by atoms with Crippen molar-refractivity contribution in [3.63, 3.8) is 0 Å². The second kappa shape index (κ2) is 13.5. The molecule has 188 valence electrons. The summed E-state index contributed by atoms with van der Waals surface area (Å²) in [6, 6.07) is 1.98. The second-order valence-corrected chi connectivity index (χ2v) is 8.80. The van der Waals surface area contributed by atoms with Gasteiger partial charge in [0.2, 0.25) is 0 Å². The van der Waals surface area contributed by atoms with Crippen LogP contribution in [0.3, 0.4) is 0 Å². The topological polar surface area (TPSA) is 46.2 Å². The molecule has 0 saturated carbocycles. The molecular formula is C24H34F4O5. The highest BCUT2D eigenvalue weighted by molar-refractivity contribution is 5.31. The van der Waals surface area contributed by atoms with E-state index in [-0.39, 0.29) is 18.6 Å². The first-order chi connectivity index (χ1) is 15.9. The highest BCUT2D eigenvalue weighted by atomic mass is 19.3. The van der Waals surface area contributed by atoms with Crippen LogP contribution in [0.2, 0.25) is 0 Å². The van der Waals surface area contributed by atoms with Gasteiger partial charge in [0.25, 0.3) is 0 Å². The summed E-state index contributed by atoms with van der Waals surface area (Å²) in [6.45, 7) is 1.47. The molecule has 2 saturated heterocycles. The van der Waals surface area contributed by atoms with Crippen molar-refractivity contribution >= 4 is 0 Å². The predicted octanol–water partition coefficient (Wildman–Crippen LogP) is 5.84. The van der Waals surface area contributed by atoms with Crippen LogP contribution in [0.25, 0.3) is 0 Å². The van der Waals surface area contributed by atoms with Gasteiger partial charge in [-0.15, -0.1) is 0 Å². The summed E-state index contributed by atoms with van der Waals surface area (Å²) in [5.74, 6) is -2.66. The fourth-order valence-corrected chi connectivity index (χ4v) is 4.13. The highest BCUT2D eigenvalue weighted by Gasteiger charge is 2.26. The first kappa shape index (κ1) is 26.2. The van der Waals surface area contributed by atoms with Crippen LogP contribution in [0.4, 0.5) is 17.6 Å². The monoisotopic (exact) mass is 478 g/mol. The lowest BCUT2D eigenvalue weighted by atomic mass is 10.0. The van der Waals surface area contributed by atoms with Gasteiger partial charge < -0.3 is 23.7 Å². The van der Waals surface area contributed by atoms with Gasteiger partial charge in [-0.05, 0) is 43.4 Å². The zero-order valence-electron chi connectivity index (χ0n) is 19.1. The Hall–Kier alpha value is -1.42. The summed E-state index contributed by atoms with van der Waals surface area (Å²) in [6.07, 6.45) is 6.51. The first-order valence-corrected chi connectivity index (χ1v) is 11.8. The third-order valence-corrected chi connectivity index (χ3v) is 6.03. The minimum absolute atomic E-state index is 0.174. The number of ether oxygens (including phenoxy) is 5. The molecule has 9 heteroatoms. The van der Waals surface area contributed by atoms with Crippen LogP contribution in [0.1, 0.15) is 57.4 Å². The molecule has 33 heavy (non-hydrogen) atoms. The predicted molar refractivity (Wildman–Crippen MR) is 113 cm³/mol. The molecule has 0 aromatic heterocycles. The lowest BCUT2D eigenvalue weighted by Gasteiger charge is -2.32. The fraction of sp³-hybridized carbons (Fsp3) is 0.750. The maximum atomic E-state index is 13.8.